The molecule has 0 spiro atoms. The van der Waals surface area contributed by atoms with Gasteiger partial charge in [-0.25, -0.2) is 0 Å². The topological polar surface area (TPSA) is 29.5 Å². The maximum Gasteiger partial charge on any atom is 0.0599 e. The molecular formula is C10H20O2. The van der Waals surface area contributed by atoms with E-state index in [2.05, 4.69) is 6.92 Å². The molecule has 1 fully saturated rings. The van der Waals surface area contributed by atoms with Gasteiger partial charge in [-0.15, -0.1) is 0 Å². The van der Waals surface area contributed by atoms with Gasteiger partial charge in [-0.3, -0.25) is 0 Å². The molecule has 1 heterocycles. The predicted octanol–water partition coefficient (Wildman–Crippen LogP) is 2.11. The summed E-state index contributed by atoms with van der Waals surface area (Å²) in [6.07, 6.45) is 6.82. The van der Waals surface area contributed by atoms with E-state index in [0.717, 1.165) is 25.9 Å². The number of aliphatic hydroxyl groups excluding tert-OH is 1. The number of hydrogen-bond donors (Lipinski definition) is 1. The van der Waals surface area contributed by atoms with Crippen molar-refractivity contribution in [1.82, 2.24) is 0 Å². The SMILES string of the molecule is CCCCC[C@@H]1C[C@H](O)CCO1. The third kappa shape index (κ3) is 3.55. The van der Waals surface area contributed by atoms with Crippen molar-refractivity contribution in [1.29, 1.82) is 0 Å². The van der Waals surface area contributed by atoms with Gasteiger partial charge in [-0.2, -0.15) is 0 Å². The summed E-state index contributed by atoms with van der Waals surface area (Å²) in [5.74, 6) is 0. The fraction of sp³-hybridized carbons (Fsp3) is 1.00. The highest BCUT2D eigenvalue weighted by atomic mass is 16.5. The molecule has 1 aliphatic rings. The van der Waals surface area contributed by atoms with E-state index in [1.165, 1.54) is 19.3 Å². The molecule has 1 rings (SSSR count). The van der Waals surface area contributed by atoms with Crippen LogP contribution in [0.1, 0.15) is 45.4 Å². The zero-order valence-corrected chi connectivity index (χ0v) is 7.96. The van der Waals surface area contributed by atoms with Crippen LogP contribution in [0.3, 0.4) is 0 Å². The lowest BCUT2D eigenvalue weighted by molar-refractivity contribution is -0.0470. The molecule has 0 saturated carbocycles. The fourth-order valence-corrected chi connectivity index (χ4v) is 1.68. The minimum absolute atomic E-state index is 0.106. The summed E-state index contributed by atoms with van der Waals surface area (Å²) in [6, 6.07) is 0. The van der Waals surface area contributed by atoms with E-state index in [-0.39, 0.29) is 6.10 Å². The van der Waals surface area contributed by atoms with Crippen molar-refractivity contribution in [3.63, 3.8) is 0 Å². The normalized spacial score (nSPS) is 30.5. The van der Waals surface area contributed by atoms with Crippen molar-refractivity contribution in [2.24, 2.45) is 0 Å². The van der Waals surface area contributed by atoms with Gasteiger partial charge < -0.3 is 9.84 Å². The Kier molecular flexibility index (Phi) is 4.62. The highest BCUT2D eigenvalue weighted by molar-refractivity contribution is 4.70. The van der Waals surface area contributed by atoms with Gasteiger partial charge >= 0.3 is 0 Å². The van der Waals surface area contributed by atoms with Crippen molar-refractivity contribution in [2.45, 2.75) is 57.7 Å². The van der Waals surface area contributed by atoms with Crippen molar-refractivity contribution >= 4 is 0 Å². The summed E-state index contributed by atoms with van der Waals surface area (Å²) >= 11 is 0. The zero-order chi connectivity index (χ0) is 8.81. The molecule has 0 radical (unpaired) electrons. The van der Waals surface area contributed by atoms with E-state index in [0.29, 0.717) is 6.10 Å². The second-order valence-electron chi connectivity index (χ2n) is 3.67. The van der Waals surface area contributed by atoms with Crippen molar-refractivity contribution in [3.8, 4) is 0 Å². The molecule has 0 aromatic heterocycles. The molecule has 0 amide bonds. The third-order valence-electron chi connectivity index (χ3n) is 2.47. The molecule has 0 bridgehead atoms. The summed E-state index contributed by atoms with van der Waals surface area (Å²) in [7, 11) is 0. The van der Waals surface area contributed by atoms with E-state index >= 15 is 0 Å². The van der Waals surface area contributed by atoms with Gasteiger partial charge in [0.2, 0.25) is 0 Å². The second-order valence-corrected chi connectivity index (χ2v) is 3.67. The first kappa shape index (κ1) is 10.0. The van der Waals surface area contributed by atoms with E-state index in [1.54, 1.807) is 0 Å². The molecule has 0 aliphatic carbocycles. The summed E-state index contributed by atoms with van der Waals surface area (Å²) in [5.41, 5.74) is 0. The van der Waals surface area contributed by atoms with Crippen LogP contribution in [0.4, 0.5) is 0 Å². The first-order valence-corrected chi connectivity index (χ1v) is 5.12. The van der Waals surface area contributed by atoms with Crippen LogP contribution < -0.4 is 0 Å². The molecule has 0 aromatic carbocycles. The Morgan fingerprint density at radius 2 is 2.25 bits per heavy atom. The smallest absolute Gasteiger partial charge is 0.0599 e. The predicted molar refractivity (Wildman–Crippen MR) is 49.1 cm³/mol. The minimum Gasteiger partial charge on any atom is -0.393 e. The Morgan fingerprint density at radius 3 is 2.92 bits per heavy atom. The van der Waals surface area contributed by atoms with Gasteiger partial charge in [0.1, 0.15) is 0 Å². The van der Waals surface area contributed by atoms with E-state index in [4.69, 9.17) is 4.74 Å². The highest BCUT2D eigenvalue weighted by Crippen LogP contribution is 2.18. The number of unbranched alkanes of at least 4 members (excludes halogenated alkanes) is 2. The molecule has 12 heavy (non-hydrogen) atoms. The van der Waals surface area contributed by atoms with Crippen LogP contribution in [0.5, 0.6) is 0 Å². The number of hydrogen-bond acceptors (Lipinski definition) is 2. The summed E-state index contributed by atoms with van der Waals surface area (Å²) in [6.45, 7) is 2.95. The lowest BCUT2D eigenvalue weighted by atomic mass is 10.0. The zero-order valence-electron chi connectivity index (χ0n) is 7.96. The minimum atomic E-state index is -0.106. The van der Waals surface area contributed by atoms with Crippen molar-refractivity contribution < 1.29 is 9.84 Å². The maximum atomic E-state index is 9.36. The standard InChI is InChI=1S/C10H20O2/c1-2-3-4-5-10-8-9(11)6-7-12-10/h9-11H,2-8H2,1H3/t9-,10-/m1/s1. The Bertz CT molecular complexity index is 114. The van der Waals surface area contributed by atoms with Crippen LogP contribution in [0.2, 0.25) is 0 Å². The molecule has 2 heteroatoms. The van der Waals surface area contributed by atoms with Gasteiger partial charge in [0.25, 0.3) is 0 Å². The maximum absolute atomic E-state index is 9.36. The first-order chi connectivity index (χ1) is 5.83. The second kappa shape index (κ2) is 5.55. The van der Waals surface area contributed by atoms with E-state index in [9.17, 15) is 5.11 Å². The van der Waals surface area contributed by atoms with Crippen LogP contribution in [-0.2, 0) is 4.74 Å². The lowest BCUT2D eigenvalue weighted by Gasteiger charge is -2.26. The van der Waals surface area contributed by atoms with Gasteiger partial charge in [-0.05, 0) is 19.3 Å². The molecule has 0 aromatic rings. The first-order valence-electron chi connectivity index (χ1n) is 5.12. The van der Waals surface area contributed by atoms with Gasteiger partial charge in [0.05, 0.1) is 12.2 Å². The Balaban J connectivity index is 2.06. The van der Waals surface area contributed by atoms with Crippen LogP contribution in [-0.4, -0.2) is 23.9 Å². The Morgan fingerprint density at radius 1 is 1.42 bits per heavy atom. The molecule has 1 saturated heterocycles. The summed E-state index contributed by atoms with van der Waals surface area (Å²) < 4.78 is 5.53. The largest absolute Gasteiger partial charge is 0.393 e. The summed E-state index contributed by atoms with van der Waals surface area (Å²) in [5, 5.41) is 9.36. The Hall–Kier alpha value is -0.0800. The summed E-state index contributed by atoms with van der Waals surface area (Å²) in [4.78, 5) is 0. The van der Waals surface area contributed by atoms with Gasteiger partial charge in [-0.1, -0.05) is 26.2 Å². The molecule has 0 unspecified atom stereocenters. The molecule has 1 N–H and O–H groups in total. The van der Waals surface area contributed by atoms with Crippen LogP contribution >= 0.6 is 0 Å². The van der Waals surface area contributed by atoms with Crippen molar-refractivity contribution in [3.05, 3.63) is 0 Å². The van der Waals surface area contributed by atoms with Crippen LogP contribution in [0.25, 0.3) is 0 Å². The van der Waals surface area contributed by atoms with Crippen molar-refractivity contribution in [2.75, 3.05) is 6.61 Å². The lowest BCUT2D eigenvalue weighted by Crippen LogP contribution is -2.28. The monoisotopic (exact) mass is 172 g/mol. The number of ether oxygens (including phenoxy) is 1. The van der Waals surface area contributed by atoms with Gasteiger partial charge in [0.15, 0.2) is 0 Å². The molecule has 2 nitrogen and oxygen atoms in total. The van der Waals surface area contributed by atoms with Crippen LogP contribution in [0.15, 0.2) is 0 Å². The average Bonchev–Trinajstić information content (AvgIpc) is 2.05. The number of rotatable bonds is 4. The third-order valence-corrected chi connectivity index (χ3v) is 2.47. The number of aliphatic hydroxyl groups is 1. The van der Waals surface area contributed by atoms with Crippen LogP contribution in [0, 0.1) is 0 Å². The highest BCUT2D eigenvalue weighted by Gasteiger charge is 2.19. The quantitative estimate of drug-likeness (QED) is 0.658. The van der Waals surface area contributed by atoms with Gasteiger partial charge in [0, 0.05) is 6.61 Å². The molecular weight excluding hydrogens is 152 g/mol. The Labute approximate surface area is 74.9 Å². The molecule has 2 atom stereocenters. The fourth-order valence-electron chi connectivity index (χ4n) is 1.68. The molecule has 1 aliphatic heterocycles. The average molecular weight is 172 g/mol. The van der Waals surface area contributed by atoms with E-state index in [1.807, 2.05) is 0 Å². The molecule has 72 valence electrons. The van der Waals surface area contributed by atoms with E-state index < -0.39 is 0 Å².